The van der Waals surface area contributed by atoms with Gasteiger partial charge in [0.1, 0.15) is 12.7 Å². The Kier molecular flexibility index (Phi) is 13.7. The number of hydrogen-bond donors (Lipinski definition) is 0. The summed E-state index contributed by atoms with van der Waals surface area (Å²) in [6.45, 7) is 11.6. The first-order valence-electron chi connectivity index (χ1n) is 8.95. The van der Waals surface area contributed by atoms with Gasteiger partial charge in [-0.3, -0.25) is 4.79 Å². The van der Waals surface area contributed by atoms with Crippen LogP contribution in [-0.4, -0.2) is 38.5 Å². The van der Waals surface area contributed by atoms with Crippen molar-refractivity contribution < 1.29 is 19.0 Å². The van der Waals surface area contributed by atoms with Gasteiger partial charge < -0.3 is 14.2 Å². The second kappa shape index (κ2) is 14.7. The topological polar surface area (TPSA) is 68.6 Å². The number of hydrogen-bond acceptors (Lipinski definition) is 5. The van der Waals surface area contributed by atoms with Crippen molar-refractivity contribution in [3.05, 3.63) is 23.3 Å². The van der Waals surface area contributed by atoms with Crippen LogP contribution in [0.3, 0.4) is 0 Å². The van der Waals surface area contributed by atoms with Crippen LogP contribution >= 0.6 is 0 Å². The summed E-state index contributed by atoms with van der Waals surface area (Å²) in [5.74, 6) is 0.0335. The van der Waals surface area contributed by atoms with E-state index in [0.29, 0.717) is 38.8 Å². The van der Waals surface area contributed by atoms with Gasteiger partial charge in [-0.15, -0.1) is 0 Å². The van der Waals surface area contributed by atoms with Gasteiger partial charge in [0.25, 0.3) is 0 Å². The molecule has 0 heterocycles. The maximum atomic E-state index is 10.7. The van der Waals surface area contributed by atoms with Crippen molar-refractivity contribution in [2.75, 3.05) is 26.4 Å². The number of nitrogens with zero attached hydrogens (tertiary/aromatic N) is 1. The van der Waals surface area contributed by atoms with Gasteiger partial charge in [-0.05, 0) is 52.0 Å². The third kappa shape index (κ3) is 13.3. The predicted octanol–water partition coefficient (Wildman–Crippen LogP) is 4.19. The van der Waals surface area contributed by atoms with Gasteiger partial charge in [-0.2, -0.15) is 5.26 Å². The second-order valence-electron chi connectivity index (χ2n) is 6.16. The molecule has 142 valence electrons. The lowest BCUT2D eigenvalue weighted by atomic mass is 9.95. The Morgan fingerprint density at radius 2 is 1.92 bits per heavy atom. The third-order valence-electron chi connectivity index (χ3n) is 3.96. The number of nitriles is 1. The molecule has 25 heavy (non-hydrogen) atoms. The van der Waals surface area contributed by atoms with Gasteiger partial charge in [-0.1, -0.05) is 24.1 Å². The lowest BCUT2D eigenvalue weighted by Gasteiger charge is -2.17. The van der Waals surface area contributed by atoms with E-state index in [1.165, 1.54) is 18.1 Å². The van der Waals surface area contributed by atoms with Crippen LogP contribution in [0.5, 0.6) is 0 Å². The van der Waals surface area contributed by atoms with Crippen molar-refractivity contribution in [2.45, 2.75) is 60.0 Å². The highest BCUT2D eigenvalue weighted by atomic mass is 16.5. The lowest BCUT2D eigenvalue weighted by Crippen LogP contribution is -2.18. The largest absolute Gasteiger partial charge is 0.462 e. The Balaban J connectivity index is 4.20. The first-order chi connectivity index (χ1) is 11.9. The minimum Gasteiger partial charge on any atom is -0.462 e. The molecule has 0 aliphatic rings. The highest BCUT2D eigenvalue weighted by molar-refractivity contribution is 5.66. The molecule has 0 aromatic rings. The molecule has 5 nitrogen and oxygen atoms in total. The number of carbonyl (C=O) groups excluding carboxylic acids is 1. The van der Waals surface area contributed by atoms with Crippen molar-refractivity contribution in [2.24, 2.45) is 5.92 Å². The molecule has 0 N–H and O–H groups in total. The van der Waals surface area contributed by atoms with E-state index in [4.69, 9.17) is 14.2 Å². The molecule has 1 unspecified atom stereocenters. The fraction of sp³-hybridized carbons (Fsp3) is 0.700. The highest BCUT2D eigenvalue weighted by Crippen LogP contribution is 2.19. The maximum absolute atomic E-state index is 10.7. The molecule has 0 radical (unpaired) electrons. The Morgan fingerprint density at radius 3 is 2.52 bits per heavy atom. The van der Waals surface area contributed by atoms with Gasteiger partial charge in [0.15, 0.2) is 0 Å². The molecule has 0 aliphatic carbocycles. The first-order valence-corrected chi connectivity index (χ1v) is 8.95. The van der Waals surface area contributed by atoms with Crippen molar-refractivity contribution in [3.8, 4) is 6.07 Å². The van der Waals surface area contributed by atoms with Gasteiger partial charge in [-0.25, -0.2) is 0 Å². The molecule has 0 aromatic heterocycles. The Labute approximate surface area is 152 Å². The van der Waals surface area contributed by atoms with E-state index in [0.717, 1.165) is 12.8 Å². The summed E-state index contributed by atoms with van der Waals surface area (Å²) in [5.41, 5.74) is 2.47. The average Bonchev–Trinajstić information content (AvgIpc) is 2.56. The van der Waals surface area contributed by atoms with Crippen molar-refractivity contribution in [3.63, 3.8) is 0 Å². The number of ether oxygens (including phenoxy) is 3. The molecule has 0 amide bonds. The molecule has 0 rings (SSSR count). The van der Waals surface area contributed by atoms with Crippen LogP contribution in [0, 0.1) is 17.2 Å². The summed E-state index contributed by atoms with van der Waals surface area (Å²) >= 11 is 0. The second-order valence-corrected chi connectivity index (χ2v) is 6.16. The SMILES string of the molecule is CCOCCOC(C#N)C[C@@H](C)/C(C)=C/CC/C(C)=C/COC(C)=O. The molecule has 5 heteroatoms. The van der Waals surface area contributed by atoms with Gasteiger partial charge >= 0.3 is 5.97 Å². The van der Waals surface area contributed by atoms with Crippen LogP contribution in [0.15, 0.2) is 23.3 Å². The van der Waals surface area contributed by atoms with Crippen molar-refractivity contribution in [1.29, 1.82) is 5.26 Å². The van der Waals surface area contributed by atoms with E-state index in [1.54, 1.807) is 0 Å². The zero-order chi connectivity index (χ0) is 19.1. The summed E-state index contributed by atoms with van der Waals surface area (Å²) in [6.07, 6.45) is 6.30. The summed E-state index contributed by atoms with van der Waals surface area (Å²) in [4.78, 5) is 10.7. The molecular weight excluding hydrogens is 318 g/mol. The standard InChI is InChI=1S/C20H33NO4/c1-6-23-12-13-25-20(15-21)14-18(4)17(3)9-7-8-16(2)10-11-24-19(5)22/h9-10,18,20H,6-8,11-14H2,1-5H3/b16-10+,17-9+/t18-,20?/m1/s1. The number of allylic oxidation sites excluding steroid dienone is 3. The summed E-state index contributed by atoms with van der Waals surface area (Å²) in [7, 11) is 0. The van der Waals surface area contributed by atoms with Crippen LogP contribution in [0.4, 0.5) is 0 Å². The van der Waals surface area contributed by atoms with E-state index in [-0.39, 0.29) is 5.97 Å². The predicted molar refractivity (Wildman–Crippen MR) is 99.0 cm³/mol. The van der Waals surface area contributed by atoms with E-state index in [1.807, 2.05) is 19.9 Å². The molecular formula is C20H33NO4. The average molecular weight is 351 g/mol. The van der Waals surface area contributed by atoms with E-state index >= 15 is 0 Å². The fourth-order valence-corrected chi connectivity index (χ4v) is 2.19. The molecule has 0 saturated carbocycles. The zero-order valence-electron chi connectivity index (χ0n) is 16.3. The summed E-state index contributed by atoms with van der Waals surface area (Å²) < 4.78 is 15.7. The molecule has 0 aromatic carbocycles. The van der Waals surface area contributed by atoms with Crippen LogP contribution in [0.25, 0.3) is 0 Å². The minimum absolute atomic E-state index is 0.260. The van der Waals surface area contributed by atoms with Crippen molar-refractivity contribution in [1.82, 2.24) is 0 Å². The Hall–Kier alpha value is -1.64. The Bertz CT molecular complexity index is 477. The Morgan fingerprint density at radius 1 is 1.20 bits per heavy atom. The zero-order valence-corrected chi connectivity index (χ0v) is 16.3. The van der Waals surface area contributed by atoms with Gasteiger partial charge in [0, 0.05) is 13.5 Å². The molecule has 0 aliphatic heterocycles. The smallest absolute Gasteiger partial charge is 0.302 e. The quantitative estimate of drug-likeness (QED) is 0.283. The molecule has 0 bridgehead atoms. The molecule has 0 spiro atoms. The van der Waals surface area contributed by atoms with Crippen LogP contribution in [0.2, 0.25) is 0 Å². The van der Waals surface area contributed by atoms with Gasteiger partial charge in [0.05, 0.1) is 19.3 Å². The van der Waals surface area contributed by atoms with E-state index in [2.05, 4.69) is 26.0 Å². The third-order valence-corrected chi connectivity index (χ3v) is 3.96. The molecule has 2 atom stereocenters. The van der Waals surface area contributed by atoms with Crippen LogP contribution < -0.4 is 0 Å². The summed E-state index contributed by atoms with van der Waals surface area (Å²) in [6, 6.07) is 2.22. The minimum atomic E-state index is -0.399. The highest BCUT2D eigenvalue weighted by Gasteiger charge is 2.14. The number of carbonyl (C=O) groups is 1. The lowest BCUT2D eigenvalue weighted by molar-refractivity contribution is -0.139. The van der Waals surface area contributed by atoms with E-state index < -0.39 is 6.10 Å². The van der Waals surface area contributed by atoms with Crippen molar-refractivity contribution >= 4 is 5.97 Å². The fourth-order valence-electron chi connectivity index (χ4n) is 2.19. The monoisotopic (exact) mass is 351 g/mol. The number of rotatable bonds is 13. The molecule has 0 fully saturated rings. The maximum Gasteiger partial charge on any atom is 0.302 e. The van der Waals surface area contributed by atoms with Crippen LogP contribution in [0.1, 0.15) is 53.9 Å². The normalized spacial score (nSPS) is 14.7. The van der Waals surface area contributed by atoms with E-state index in [9.17, 15) is 10.1 Å². The first kappa shape index (κ1) is 23.4. The number of esters is 1. The van der Waals surface area contributed by atoms with Crippen LogP contribution in [-0.2, 0) is 19.0 Å². The molecule has 0 saturated heterocycles. The van der Waals surface area contributed by atoms with Gasteiger partial charge in [0.2, 0.25) is 0 Å². The summed E-state index contributed by atoms with van der Waals surface area (Å²) in [5, 5.41) is 9.20.